The third-order valence-electron chi connectivity index (χ3n) is 2.73. The summed E-state index contributed by atoms with van der Waals surface area (Å²) in [4.78, 5) is 21.7. The molecule has 2 aromatic rings. The summed E-state index contributed by atoms with van der Waals surface area (Å²) in [5.74, 6) is 0.918. The lowest BCUT2D eigenvalue weighted by Gasteiger charge is -2.11. The highest BCUT2D eigenvalue weighted by atomic mass is 16.2. The van der Waals surface area contributed by atoms with Crippen LogP contribution in [0.15, 0.2) is 24.3 Å². The zero-order valence-electron chi connectivity index (χ0n) is 11.1. The maximum atomic E-state index is 11.4. The Morgan fingerprint density at radius 3 is 2.53 bits per heavy atom. The zero-order chi connectivity index (χ0) is 13.8. The number of anilines is 2. The monoisotopic (exact) mass is 259 g/mol. The fourth-order valence-corrected chi connectivity index (χ4v) is 1.66. The van der Waals surface area contributed by atoms with Crippen molar-refractivity contribution >= 4 is 28.6 Å². The Labute approximate surface area is 111 Å². The lowest BCUT2D eigenvalue weighted by Crippen LogP contribution is -2.24. The SMILES string of the molecule is CN(C)C(=O)CCNc1nc2ccccc2nc1N. The number of aromatic nitrogens is 2. The predicted molar refractivity (Wildman–Crippen MR) is 75.8 cm³/mol. The second kappa shape index (κ2) is 5.51. The summed E-state index contributed by atoms with van der Waals surface area (Å²) in [6.07, 6.45) is 0.390. The Hall–Kier alpha value is -2.37. The van der Waals surface area contributed by atoms with E-state index in [2.05, 4.69) is 15.3 Å². The molecule has 0 bridgehead atoms. The molecule has 6 heteroatoms. The summed E-state index contributed by atoms with van der Waals surface area (Å²) < 4.78 is 0. The molecule has 0 saturated heterocycles. The Kier molecular flexibility index (Phi) is 3.79. The molecule has 3 N–H and O–H groups in total. The average Bonchev–Trinajstić information content (AvgIpc) is 2.39. The lowest BCUT2D eigenvalue weighted by atomic mass is 10.3. The van der Waals surface area contributed by atoms with Crippen molar-refractivity contribution in [3.05, 3.63) is 24.3 Å². The molecule has 0 radical (unpaired) electrons. The van der Waals surface area contributed by atoms with Gasteiger partial charge in [-0.2, -0.15) is 0 Å². The molecule has 2 rings (SSSR count). The molecule has 1 aromatic carbocycles. The Balaban J connectivity index is 2.08. The lowest BCUT2D eigenvalue weighted by molar-refractivity contribution is -0.128. The molecule has 0 aliphatic rings. The maximum Gasteiger partial charge on any atom is 0.223 e. The second-order valence-electron chi connectivity index (χ2n) is 4.41. The number of para-hydroxylation sites is 2. The first kappa shape index (κ1) is 13.1. The minimum Gasteiger partial charge on any atom is -0.381 e. The molecule has 0 fully saturated rings. The summed E-state index contributed by atoms with van der Waals surface area (Å²) in [6.45, 7) is 0.480. The summed E-state index contributed by atoms with van der Waals surface area (Å²) >= 11 is 0. The van der Waals surface area contributed by atoms with Gasteiger partial charge in [-0.1, -0.05) is 12.1 Å². The van der Waals surface area contributed by atoms with Gasteiger partial charge in [-0.05, 0) is 12.1 Å². The van der Waals surface area contributed by atoms with Gasteiger partial charge in [0.1, 0.15) is 0 Å². The summed E-state index contributed by atoms with van der Waals surface area (Å²) in [5.41, 5.74) is 7.37. The van der Waals surface area contributed by atoms with Gasteiger partial charge in [-0.25, -0.2) is 9.97 Å². The number of nitrogen functional groups attached to an aromatic ring is 1. The van der Waals surface area contributed by atoms with Crippen LogP contribution in [0.4, 0.5) is 11.6 Å². The van der Waals surface area contributed by atoms with Crippen LogP contribution in [0.3, 0.4) is 0 Å². The minimum atomic E-state index is 0.0554. The number of amides is 1. The largest absolute Gasteiger partial charge is 0.381 e. The summed E-state index contributed by atoms with van der Waals surface area (Å²) in [6, 6.07) is 7.52. The van der Waals surface area contributed by atoms with Crippen molar-refractivity contribution in [2.75, 3.05) is 31.7 Å². The van der Waals surface area contributed by atoms with Gasteiger partial charge in [0.15, 0.2) is 11.6 Å². The summed E-state index contributed by atoms with van der Waals surface area (Å²) in [7, 11) is 3.46. The number of carbonyl (C=O) groups is 1. The number of fused-ring (bicyclic) bond motifs is 1. The highest BCUT2D eigenvalue weighted by molar-refractivity contribution is 5.80. The number of rotatable bonds is 4. The zero-order valence-corrected chi connectivity index (χ0v) is 11.1. The van der Waals surface area contributed by atoms with E-state index in [1.165, 1.54) is 0 Å². The van der Waals surface area contributed by atoms with Crippen LogP contribution in [0.2, 0.25) is 0 Å². The average molecular weight is 259 g/mol. The van der Waals surface area contributed by atoms with Crippen molar-refractivity contribution in [3.63, 3.8) is 0 Å². The fourth-order valence-electron chi connectivity index (χ4n) is 1.66. The van der Waals surface area contributed by atoms with E-state index in [1.54, 1.807) is 19.0 Å². The molecular formula is C13H17N5O. The number of carbonyl (C=O) groups excluding carboxylic acids is 1. The normalized spacial score (nSPS) is 10.4. The van der Waals surface area contributed by atoms with Gasteiger partial charge in [0.25, 0.3) is 0 Å². The van der Waals surface area contributed by atoms with Crippen LogP contribution < -0.4 is 11.1 Å². The number of nitrogens with zero attached hydrogens (tertiary/aromatic N) is 3. The van der Waals surface area contributed by atoms with Crippen molar-refractivity contribution in [1.82, 2.24) is 14.9 Å². The first-order valence-corrected chi connectivity index (χ1v) is 6.04. The van der Waals surface area contributed by atoms with E-state index in [0.29, 0.717) is 24.6 Å². The van der Waals surface area contributed by atoms with Crippen LogP contribution in [0.25, 0.3) is 11.0 Å². The quantitative estimate of drug-likeness (QED) is 0.859. The van der Waals surface area contributed by atoms with Crippen LogP contribution in [0, 0.1) is 0 Å². The van der Waals surface area contributed by atoms with Crippen molar-refractivity contribution in [2.45, 2.75) is 6.42 Å². The standard InChI is InChI=1S/C13H17N5O/c1-18(2)11(19)7-8-15-13-12(14)16-9-5-3-4-6-10(9)17-13/h3-6H,7-8H2,1-2H3,(H2,14,16)(H,15,17). The third-order valence-corrected chi connectivity index (χ3v) is 2.73. The molecule has 100 valence electrons. The molecule has 0 unspecified atom stereocenters. The molecule has 1 aromatic heterocycles. The number of nitrogens with one attached hydrogen (secondary N) is 1. The van der Waals surface area contributed by atoms with Gasteiger partial charge in [0.05, 0.1) is 11.0 Å². The molecule has 0 aliphatic heterocycles. The highest BCUT2D eigenvalue weighted by Gasteiger charge is 2.07. The van der Waals surface area contributed by atoms with Crippen LogP contribution in [-0.2, 0) is 4.79 Å². The van der Waals surface area contributed by atoms with E-state index in [0.717, 1.165) is 11.0 Å². The number of hydrogen-bond acceptors (Lipinski definition) is 5. The smallest absolute Gasteiger partial charge is 0.223 e. The van der Waals surface area contributed by atoms with Crippen molar-refractivity contribution in [2.24, 2.45) is 0 Å². The van der Waals surface area contributed by atoms with Crippen molar-refractivity contribution in [1.29, 1.82) is 0 Å². The Bertz CT molecular complexity index is 597. The van der Waals surface area contributed by atoms with Crippen LogP contribution >= 0.6 is 0 Å². The van der Waals surface area contributed by atoms with Gasteiger partial charge in [0.2, 0.25) is 5.91 Å². The molecule has 0 saturated carbocycles. The van der Waals surface area contributed by atoms with Crippen molar-refractivity contribution in [3.8, 4) is 0 Å². The molecule has 6 nitrogen and oxygen atoms in total. The predicted octanol–water partition coefficient (Wildman–Crippen LogP) is 1.10. The molecular weight excluding hydrogens is 242 g/mol. The van der Waals surface area contributed by atoms with Crippen LogP contribution in [-0.4, -0.2) is 41.4 Å². The fraction of sp³-hybridized carbons (Fsp3) is 0.308. The summed E-state index contributed by atoms with van der Waals surface area (Å²) in [5, 5.41) is 3.04. The van der Waals surface area contributed by atoms with Gasteiger partial charge in [0, 0.05) is 27.1 Å². The van der Waals surface area contributed by atoms with E-state index in [4.69, 9.17) is 5.73 Å². The van der Waals surface area contributed by atoms with E-state index < -0.39 is 0 Å². The number of nitrogens with two attached hydrogens (primary N) is 1. The van der Waals surface area contributed by atoms with Gasteiger partial charge < -0.3 is 16.0 Å². The second-order valence-corrected chi connectivity index (χ2v) is 4.41. The van der Waals surface area contributed by atoms with E-state index in [1.807, 2.05) is 24.3 Å². The van der Waals surface area contributed by atoms with Gasteiger partial charge in [-0.15, -0.1) is 0 Å². The maximum absolute atomic E-state index is 11.4. The number of benzene rings is 1. The Morgan fingerprint density at radius 2 is 1.89 bits per heavy atom. The van der Waals surface area contributed by atoms with Crippen LogP contribution in [0.1, 0.15) is 6.42 Å². The van der Waals surface area contributed by atoms with Gasteiger partial charge in [-0.3, -0.25) is 4.79 Å². The molecule has 0 atom stereocenters. The van der Waals surface area contributed by atoms with Crippen LogP contribution in [0.5, 0.6) is 0 Å². The topological polar surface area (TPSA) is 84.1 Å². The van der Waals surface area contributed by atoms with E-state index >= 15 is 0 Å². The first-order valence-electron chi connectivity index (χ1n) is 6.04. The van der Waals surface area contributed by atoms with Gasteiger partial charge >= 0.3 is 0 Å². The minimum absolute atomic E-state index is 0.0554. The molecule has 1 heterocycles. The van der Waals surface area contributed by atoms with E-state index in [9.17, 15) is 4.79 Å². The molecule has 1 amide bonds. The molecule has 0 aliphatic carbocycles. The highest BCUT2D eigenvalue weighted by Crippen LogP contribution is 2.18. The Morgan fingerprint density at radius 1 is 1.26 bits per heavy atom. The molecule has 0 spiro atoms. The first-order chi connectivity index (χ1) is 9.08. The third kappa shape index (κ3) is 3.09. The van der Waals surface area contributed by atoms with E-state index in [-0.39, 0.29) is 5.91 Å². The van der Waals surface area contributed by atoms with Crippen molar-refractivity contribution < 1.29 is 4.79 Å². The molecule has 19 heavy (non-hydrogen) atoms. The number of hydrogen-bond donors (Lipinski definition) is 2.